The molecule has 5 nitrogen and oxygen atoms in total. The average molecular weight is 267 g/mol. The molecular weight excluding hydrogens is 242 g/mol. The maximum atomic E-state index is 12.5. The van der Waals surface area contributed by atoms with Crippen LogP contribution < -0.4 is 10.6 Å². The first-order chi connectivity index (χ1) is 9.20. The summed E-state index contributed by atoms with van der Waals surface area (Å²) in [7, 11) is 0. The number of nitrogens with zero attached hydrogens (tertiary/aromatic N) is 1. The van der Waals surface area contributed by atoms with E-state index in [9.17, 15) is 9.59 Å². The number of carbonyl (C=O) groups excluding carboxylic acids is 2. The highest BCUT2D eigenvalue weighted by Crippen LogP contribution is 2.16. The van der Waals surface area contributed by atoms with Crippen molar-refractivity contribution in [3.63, 3.8) is 0 Å². The summed E-state index contributed by atoms with van der Waals surface area (Å²) in [6, 6.07) is -0.277. The SMILES string of the molecule is CCCN(CC1CCNCC1)C(=O)[C@@H]1CCC(=O)N1. The molecule has 0 radical (unpaired) electrons. The van der Waals surface area contributed by atoms with Gasteiger partial charge in [0.2, 0.25) is 11.8 Å². The molecule has 2 N–H and O–H groups in total. The van der Waals surface area contributed by atoms with Crippen LogP contribution in [0.3, 0.4) is 0 Å². The molecule has 2 fully saturated rings. The maximum Gasteiger partial charge on any atom is 0.245 e. The molecule has 0 aromatic heterocycles. The van der Waals surface area contributed by atoms with E-state index in [1.54, 1.807) is 0 Å². The van der Waals surface area contributed by atoms with Crippen LogP contribution in [-0.2, 0) is 9.59 Å². The number of amides is 2. The summed E-state index contributed by atoms with van der Waals surface area (Å²) in [5.41, 5.74) is 0. The van der Waals surface area contributed by atoms with Crippen molar-refractivity contribution in [2.75, 3.05) is 26.2 Å². The van der Waals surface area contributed by atoms with Crippen molar-refractivity contribution in [1.29, 1.82) is 0 Å². The molecule has 0 saturated carbocycles. The van der Waals surface area contributed by atoms with Crippen LogP contribution in [0.2, 0.25) is 0 Å². The van der Waals surface area contributed by atoms with Gasteiger partial charge in [0.25, 0.3) is 0 Å². The summed E-state index contributed by atoms with van der Waals surface area (Å²) in [6.45, 7) is 5.85. The Labute approximate surface area is 115 Å². The van der Waals surface area contributed by atoms with Crippen molar-refractivity contribution < 1.29 is 9.59 Å². The molecule has 2 aliphatic heterocycles. The summed E-state index contributed by atoms with van der Waals surface area (Å²) in [5.74, 6) is 0.733. The van der Waals surface area contributed by atoms with Gasteiger partial charge in [-0.05, 0) is 44.7 Å². The molecule has 2 rings (SSSR count). The van der Waals surface area contributed by atoms with E-state index in [4.69, 9.17) is 0 Å². The second-order valence-electron chi connectivity index (χ2n) is 5.64. The van der Waals surface area contributed by atoms with E-state index in [-0.39, 0.29) is 17.9 Å². The standard InChI is InChI=1S/C14H25N3O2/c1-2-9-17(10-11-5-7-15-8-6-11)14(19)12-3-4-13(18)16-12/h11-12,15H,2-10H2,1H3,(H,16,18)/t12-/m0/s1. The van der Waals surface area contributed by atoms with Gasteiger partial charge < -0.3 is 15.5 Å². The first-order valence-electron chi connectivity index (χ1n) is 7.49. The topological polar surface area (TPSA) is 61.4 Å². The van der Waals surface area contributed by atoms with Crippen molar-refractivity contribution >= 4 is 11.8 Å². The highest BCUT2D eigenvalue weighted by Gasteiger charge is 2.31. The van der Waals surface area contributed by atoms with Gasteiger partial charge in [0.05, 0.1) is 0 Å². The lowest BCUT2D eigenvalue weighted by atomic mass is 9.97. The minimum Gasteiger partial charge on any atom is -0.344 e. The fourth-order valence-corrected chi connectivity index (χ4v) is 2.96. The number of piperidine rings is 1. The van der Waals surface area contributed by atoms with E-state index in [0.717, 1.165) is 45.4 Å². The molecule has 2 aliphatic rings. The van der Waals surface area contributed by atoms with Crippen LogP contribution >= 0.6 is 0 Å². The number of carbonyl (C=O) groups is 2. The van der Waals surface area contributed by atoms with E-state index in [1.807, 2.05) is 4.90 Å². The first kappa shape index (κ1) is 14.3. The highest BCUT2D eigenvalue weighted by molar-refractivity contribution is 5.90. The normalized spacial score (nSPS) is 24.3. The number of hydrogen-bond acceptors (Lipinski definition) is 3. The zero-order valence-corrected chi connectivity index (χ0v) is 11.8. The van der Waals surface area contributed by atoms with Crippen molar-refractivity contribution in [2.45, 2.75) is 45.1 Å². The number of rotatable bonds is 5. The lowest BCUT2D eigenvalue weighted by Gasteiger charge is -2.31. The smallest absolute Gasteiger partial charge is 0.245 e. The summed E-state index contributed by atoms with van der Waals surface area (Å²) in [4.78, 5) is 25.7. The molecule has 0 unspecified atom stereocenters. The molecule has 0 aliphatic carbocycles. The van der Waals surface area contributed by atoms with Crippen LogP contribution in [0.5, 0.6) is 0 Å². The molecule has 5 heteroatoms. The van der Waals surface area contributed by atoms with Crippen LogP contribution in [0.1, 0.15) is 39.0 Å². The summed E-state index contributed by atoms with van der Waals surface area (Å²) in [5, 5.41) is 6.14. The zero-order chi connectivity index (χ0) is 13.7. The molecule has 1 atom stereocenters. The Bertz CT molecular complexity index is 327. The van der Waals surface area contributed by atoms with Gasteiger partial charge in [-0.1, -0.05) is 6.92 Å². The zero-order valence-electron chi connectivity index (χ0n) is 11.8. The van der Waals surface area contributed by atoms with Gasteiger partial charge in [-0.25, -0.2) is 0 Å². The largest absolute Gasteiger partial charge is 0.344 e. The molecular formula is C14H25N3O2. The Hall–Kier alpha value is -1.10. The third-order valence-electron chi connectivity index (χ3n) is 4.04. The van der Waals surface area contributed by atoms with Crippen molar-refractivity contribution in [3.8, 4) is 0 Å². The molecule has 19 heavy (non-hydrogen) atoms. The Morgan fingerprint density at radius 1 is 1.32 bits per heavy atom. The molecule has 0 spiro atoms. The molecule has 2 saturated heterocycles. The molecule has 0 aromatic rings. The third-order valence-corrected chi connectivity index (χ3v) is 4.04. The van der Waals surface area contributed by atoms with Gasteiger partial charge in [0.15, 0.2) is 0 Å². The minimum absolute atomic E-state index is 0.0108. The molecule has 0 bridgehead atoms. The minimum atomic E-state index is -0.277. The van der Waals surface area contributed by atoms with Gasteiger partial charge in [-0.15, -0.1) is 0 Å². The Morgan fingerprint density at radius 2 is 2.05 bits per heavy atom. The lowest BCUT2D eigenvalue weighted by Crippen LogP contribution is -2.47. The van der Waals surface area contributed by atoms with Crippen LogP contribution in [0, 0.1) is 5.92 Å². The van der Waals surface area contributed by atoms with E-state index in [1.165, 1.54) is 0 Å². The number of hydrogen-bond donors (Lipinski definition) is 2. The van der Waals surface area contributed by atoms with E-state index >= 15 is 0 Å². The Morgan fingerprint density at radius 3 is 2.63 bits per heavy atom. The van der Waals surface area contributed by atoms with Crippen LogP contribution in [0.25, 0.3) is 0 Å². The van der Waals surface area contributed by atoms with E-state index < -0.39 is 0 Å². The summed E-state index contributed by atoms with van der Waals surface area (Å²) < 4.78 is 0. The van der Waals surface area contributed by atoms with Crippen molar-refractivity contribution in [2.24, 2.45) is 5.92 Å². The van der Waals surface area contributed by atoms with E-state index in [2.05, 4.69) is 17.6 Å². The number of nitrogens with one attached hydrogen (secondary N) is 2. The van der Waals surface area contributed by atoms with Gasteiger partial charge in [0.1, 0.15) is 6.04 Å². The second kappa shape index (κ2) is 6.89. The maximum absolute atomic E-state index is 12.5. The predicted molar refractivity (Wildman–Crippen MR) is 73.6 cm³/mol. The lowest BCUT2D eigenvalue weighted by molar-refractivity contribution is -0.135. The fourth-order valence-electron chi connectivity index (χ4n) is 2.96. The van der Waals surface area contributed by atoms with Crippen molar-refractivity contribution in [1.82, 2.24) is 15.5 Å². The van der Waals surface area contributed by atoms with Crippen LogP contribution in [0.15, 0.2) is 0 Å². The van der Waals surface area contributed by atoms with Gasteiger partial charge in [0, 0.05) is 19.5 Å². The summed E-state index contributed by atoms with van der Waals surface area (Å²) in [6.07, 6.45) is 4.40. The molecule has 2 amide bonds. The second-order valence-corrected chi connectivity index (χ2v) is 5.64. The molecule has 0 aromatic carbocycles. The quantitative estimate of drug-likeness (QED) is 0.762. The van der Waals surface area contributed by atoms with Crippen molar-refractivity contribution in [3.05, 3.63) is 0 Å². The fraction of sp³-hybridized carbons (Fsp3) is 0.857. The highest BCUT2D eigenvalue weighted by atomic mass is 16.2. The first-order valence-corrected chi connectivity index (χ1v) is 7.49. The van der Waals surface area contributed by atoms with Gasteiger partial charge in [-0.2, -0.15) is 0 Å². The van der Waals surface area contributed by atoms with Crippen LogP contribution in [-0.4, -0.2) is 48.9 Å². The van der Waals surface area contributed by atoms with Crippen LogP contribution in [0.4, 0.5) is 0 Å². The van der Waals surface area contributed by atoms with Gasteiger partial charge in [-0.3, -0.25) is 9.59 Å². The molecule has 2 heterocycles. The Balaban J connectivity index is 1.90. The average Bonchev–Trinajstić information content (AvgIpc) is 2.85. The monoisotopic (exact) mass is 267 g/mol. The Kier molecular flexibility index (Phi) is 5.19. The third kappa shape index (κ3) is 3.93. The van der Waals surface area contributed by atoms with E-state index in [0.29, 0.717) is 18.8 Å². The summed E-state index contributed by atoms with van der Waals surface area (Å²) >= 11 is 0. The molecule has 108 valence electrons. The van der Waals surface area contributed by atoms with Gasteiger partial charge >= 0.3 is 0 Å². The predicted octanol–water partition coefficient (Wildman–Crippen LogP) is 0.503.